The van der Waals surface area contributed by atoms with Gasteiger partial charge in [-0.2, -0.15) is 0 Å². The molecule has 0 aliphatic rings. The second kappa shape index (κ2) is 4.92. The number of terminal acetylenes is 1. The van der Waals surface area contributed by atoms with Crippen molar-refractivity contribution in [1.82, 2.24) is 0 Å². The molecule has 74 valence electrons. The van der Waals surface area contributed by atoms with E-state index in [2.05, 4.69) is 27.2 Å². The third-order valence-corrected chi connectivity index (χ3v) is 2.28. The van der Waals surface area contributed by atoms with Crippen molar-refractivity contribution < 1.29 is 4.74 Å². The van der Waals surface area contributed by atoms with Crippen molar-refractivity contribution in [3.05, 3.63) is 22.7 Å². The molecule has 1 atom stereocenters. The summed E-state index contributed by atoms with van der Waals surface area (Å²) in [6.45, 7) is 1.92. The van der Waals surface area contributed by atoms with E-state index in [1.165, 1.54) is 0 Å². The number of benzene rings is 1. The van der Waals surface area contributed by atoms with E-state index in [-0.39, 0.29) is 6.04 Å². The summed E-state index contributed by atoms with van der Waals surface area (Å²) < 4.78 is 6.18. The zero-order chi connectivity index (χ0) is 10.6. The quantitative estimate of drug-likeness (QED) is 0.837. The van der Waals surface area contributed by atoms with Crippen LogP contribution in [-0.4, -0.2) is 13.2 Å². The summed E-state index contributed by atoms with van der Waals surface area (Å²) in [5.74, 6) is 3.39. The van der Waals surface area contributed by atoms with Gasteiger partial charge >= 0.3 is 0 Å². The molecule has 1 rings (SSSR count). The smallest absolute Gasteiger partial charge is 0.142 e. The number of ether oxygens (including phenoxy) is 1. The van der Waals surface area contributed by atoms with Gasteiger partial charge in [-0.25, -0.2) is 0 Å². The molecule has 1 aromatic rings. The molecule has 0 fully saturated rings. The van der Waals surface area contributed by atoms with Crippen molar-refractivity contribution in [2.45, 2.75) is 13.0 Å². The second-order valence-corrected chi connectivity index (χ2v) is 3.79. The van der Waals surface area contributed by atoms with Crippen LogP contribution in [0.1, 0.15) is 6.92 Å². The normalized spacial score (nSPS) is 11.6. The topological polar surface area (TPSA) is 21.3 Å². The predicted octanol–water partition coefficient (Wildman–Crippen LogP) is 2.89. The highest BCUT2D eigenvalue weighted by molar-refractivity contribution is 9.10. The summed E-state index contributed by atoms with van der Waals surface area (Å²) in [4.78, 5) is 0. The molecule has 0 aliphatic heterocycles. The van der Waals surface area contributed by atoms with E-state index >= 15 is 0 Å². The van der Waals surface area contributed by atoms with Crippen molar-refractivity contribution in [3.8, 4) is 18.1 Å². The molecule has 0 heterocycles. The van der Waals surface area contributed by atoms with Gasteiger partial charge in [0.1, 0.15) is 5.75 Å². The zero-order valence-electron chi connectivity index (χ0n) is 8.17. The van der Waals surface area contributed by atoms with Crippen molar-refractivity contribution in [1.29, 1.82) is 0 Å². The van der Waals surface area contributed by atoms with Gasteiger partial charge in [0.2, 0.25) is 0 Å². The minimum Gasteiger partial charge on any atom is -0.495 e. The highest BCUT2D eigenvalue weighted by atomic mass is 79.9. The minimum absolute atomic E-state index is 0.0156. The summed E-state index contributed by atoms with van der Waals surface area (Å²) >= 11 is 3.39. The largest absolute Gasteiger partial charge is 0.495 e. The molecule has 0 aromatic heterocycles. The number of hydrogen-bond donors (Lipinski definition) is 1. The van der Waals surface area contributed by atoms with Crippen LogP contribution in [0, 0.1) is 12.3 Å². The first-order valence-corrected chi connectivity index (χ1v) is 5.03. The summed E-state index contributed by atoms with van der Waals surface area (Å²) in [6, 6.07) is 5.73. The summed E-state index contributed by atoms with van der Waals surface area (Å²) in [5, 5.41) is 3.16. The number of methoxy groups -OCH3 is 1. The Bertz CT molecular complexity index is 357. The molecule has 0 amide bonds. The fourth-order valence-electron chi connectivity index (χ4n) is 1.07. The van der Waals surface area contributed by atoms with Crippen LogP contribution in [0.3, 0.4) is 0 Å². The molecule has 0 spiro atoms. The molecule has 0 aliphatic carbocycles. The fraction of sp³-hybridized carbons (Fsp3) is 0.273. The molecule has 14 heavy (non-hydrogen) atoms. The Morgan fingerprint density at radius 2 is 2.29 bits per heavy atom. The van der Waals surface area contributed by atoms with Crippen LogP contribution in [0.2, 0.25) is 0 Å². The Morgan fingerprint density at radius 1 is 1.57 bits per heavy atom. The lowest BCUT2D eigenvalue weighted by molar-refractivity contribution is 0.416. The lowest BCUT2D eigenvalue weighted by Crippen LogP contribution is -2.12. The number of halogens is 1. The van der Waals surface area contributed by atoms with Gasteiger partial charge in [-0.05, 0) is 25.1 Å². The summed E-state index contributed by atoms with van der Waals surface area (Å²) in [5.41, 5.74) is 0.896. The van der Waals surface area contributed by atoms with Crippen LogP contribution >= 0.6 is 15.9 Å². The maximum atomic E-state index is 5.28. The Kier molecular flexibility index (Phi) is 3.84. The van der Waals surface area contributed by atoms with Crippen LogP contribution in [0.25, 0.3) is 0 Å². The van der Waals surface area contributed by atoms with Gasteiger partial charge in [-0.3, -0.25) is 0 Å². The molecule has 1 unspecified atom stereocenters. The Hall–Kier alpha value is -1.14. The van der Waals surface area contributed by atoms with Gasteiger partial charge in [-0.1, -0.05) is 21.9 Å². The van der Waals surface area contributed by atoms with Crippen molar-refractivity contribution >= 4 is 21.6 Å². The Labute approximate surface area is 92.8 Å². The zero-order valence-corrected chi connectivity index (χ0v) is 9.76. The van der Waals surface area contributed by atoms with Crippen molar-refractivity contribution in [3.63, 3.8) is 0 Å². The predicted molar refractivity (Wildman–Crippen MR) is 62.6 cm³/mol. The standard InChI is InChI=1S/C11H12BrNO/c1-4-8(2)13-10-7-9(12)5-6-11(10)14-3/h1,5-8,13H,2-3H3. The third-order valence-electron chi connectivity index (χ3n) is 1.78. The summed E-state index contributed by atoms with van der Waals surface area (Å²) in [7, 11) is 1.63. The van der Waals surface area contributed by atoms with Crippen LogP contribution in [0.15, 0.2) is 22.7 Å². The number of anilines is 1. The van der Waals surface area contributed by atoms with E-state index in [0.29, 0.717) is 0 Å². The van der Waals surface area contributed by atoms with E-state index in [4.69, 9.17) is 11.2 Å². The van der Waals surface area contributed by atoms with E-state index in [0.717, 1.165) is 15.9 Å². The monoisotopic (exact) mass is 253 g/mol. The Balaban J connectivity index is 2.94. The van der Waals surface area contributed by atoms with Crippen LogP contribution in [-0.2, 0) is 0 Å². The average molecular weight is 254 g/mol. The lowest BCUT2D eigenvalue weighted by Gasteiger charge is -2.13. The molecule has 1 aromatic carbocycles. The molecule has 0 radical (unpaired) electrons. The maximum absolute atomic E-state index is 5.28. The molecule has 0 saturated carbocycles. The fourth-order valence-corrected chi connectivity index (χ4v) is 1.43. The van der Waals surface area contributed by atoms with E-state index in [9.17, 15) is 0 Å². The van der Waals surface area contributed by atoms with Gasteiger partial charge in [-0.15, -0.1) is 6.42 Å². The maximum Gasteiger partial charge on any atom is 0.142 e. The van der Waals surface area contributed by atoms with Gasteiger partial charge < -0.3 is 10.1 Å². The molecule has 2 nitrogen and oxygen atoms in total. The van der Waals surface area contributed by atoms with Crippen LogP contribution in [0.4, 0.5) is 5.69 Å². The first-order valence-electron chi connectivity index (χ1n) is 4.23. The lowest BCUT2D eigenvalue weighted by atomic mass is 10.2. The molecular weight excluding hydrogens is 242 g/mol. The average Bonchev–Trinajstić information content (AvgIpc) is 2.18. The highest BCUT2D eigenvalue weighted by Gasteiger charge is 2.04. The van der Waals surface area contributed by atoms with Gasteiger partial charge in [0, 0.05) is 4.47 Å². The number of rotatable bonds is 3. The van der Waals surface area contributed by atoms with E-state index in [1.54, 1.807) is 7.11 Å². The molecular formula is C11H12BrNO. The number of nitrogens with one attached hydrogen (secondary N) is 1. The first kappa shape index (κ1) is 10.9. The summed E-state index contributed by atoms with van der Waals surface area (Å²) in [6.07, 6.45) is 5.28. The molecule has 3 heteroatoms. The van der Waals surface area contributed by atoms with Crippen LogP contribution < -0.4 is 10.1 Å². The molecule has 1 N–H and O–H groups in total. The Morgan fingerprint density at radius 3 is 2.86 bits per heavy atom. The minimum atomic E-state index is -0.0156. The molecule has 0 bridgehead atoms. The second-order valence-electron chi connectivity index (χ2n) is 2.88. The number of hydrogen-bond acceptors (Lipinski definition) is 2. The van der Waals surface area contributed by atoms with E-state index in [1.807, 2.05) is 25.1 Å². The van der Waals surface area contributed by atoms with Crippen molar-refractivity contribution in [2.24, 2.45) is 0 Å². The highest BCUT2D eigenvalue weighted by Crippen LogP contribution is 2.28. The van der Waals surface area contributed by atoms with Crippen LogP contribution in [0.5, 0.6) is 5.75 Å². The van der Waals surface area contributed by atoms with Gasteiger partial charge in [0.05, 0.1) is 18.8 Å². The van der Waals surface area contributed by atoms with Crippen molar-refractivity contribution in [2.75, 3.05) is 12.4 Å². The van der Waals surface area contributed by atoms with E-state index < -0.39 is 0 Å². The van der Waals surface area contributed by atoms with Gasteiger partial charge in [0.25, 0.3) is 0 Å². The molecule has 0 saturated heterocycles. The SMILES string of the molecule is C#CC(C)Nc1cc(Br)ccc1OC. The third kappa shape index (κ3) is 2.68. The first-order chi connectivity index (χ1) is 6.67. The van der Waals surface area contributed by atoms with Gasteiger partial charge in [0.15, 0.2) is 0 Å².